The Morgan fingerprint density at radius 2 is 1.76 bits per heavy atom. The van der Waals surface area contributed by atoms with Crippen LogP contribution in [0.5, 0.6) is 5.75 Å². The first-order valence-corrected chi connectivity index (χ1v) is 11.6. The lowest BCUT2D eigenvalue weighted by atomic mass is 9.96. The predicted octanol–water partition coefficient (Wildman–Crippen LogP) is 2.53. The fourth-order valence-electron chi connectivity index (χ4n) is 4.45. The second kappa shape index (κ2) is 10.7. The van der Waals surface area contributed by atoms with Crippen LogP contribution in [-0.2, 0) is 6.54 Å². The topological polar surface area (TPSA) is 88.7 Å². The van der Waals surface area contributed by atoms with Crippen molar-refractivity contribution in [2.45, 2.75) is 32.4 Å². The average molecular weight is 453 g/mol. The summed E-state index contributed by atoms with van der Waals surface area (Å²) < 4.78 is 8.48. The number of amides is 1. The van der Waals surface area contributed by atoms with Gasteiger partial charge in [-0.2, -0.15) is 0 Å². The quantitative estimate of drug-likeness (QED) is 0.548. The summed E-state index contributed by atoms with van der Waals surface area (Å²) >= 11 is 0. The molecule has 1 saturated heterocycles. The molecule has 2 heterocycles. The van der Waals surface area contributed by atoms with Crippen LogP contribution in [0, 0.1) is 5.92 Å². The van der Waals surface area contributed by atoms with Gasteiger partial charge in [0.1, 0.15) is 18.5 Å². The number of hydrogen-bond acceptors (Lipinski definition) is 5. The first-order chi connectivity index (χ1) is 16.1. The molecule has 8 heteroatoms. The molecule has 1 fully saturated rings. The Labute approximate surface area is 193 Å². The van der Waals surface area contributed by atoms with Crippen molar-refractivity contribution < 1.29 is 14.6 Å². The third-order valence-electron chi connectivity index (χ3n) is 6.26. The molecular formula is C25H32N4O4. The van der Waals surface area contributed by atoms with E-state index in [0.29, 0.717) is 31.1 Å². The summed E-state index contributed by atoms with van der Waals surface area (Å²) in [4.78, 5) is 27.8. The van der Waals surface area contributed by atoms with Gasteiger partial charge < -0.3 is 20.1 Å². The minimum absolute atomic E-state index is 0.264. The zero-order valence-electron chi connectivity index (χ0n) is 19.0. The molecule has 2 N–H and O–H groups in total. The molecule has 1 unspecified atom stereocenters. The lowest BCUT2D eigenvalue weighted by molar-refractivity contribution is 0.0552. The number of fused-ring (bicyclic) bond motifs is 1. The minimum Gasteiger partial charge on any atom is -0.491 e. The summed E-state index contributed by atoms with van der Waals surface area (Å²) in [6.07, 6.45) is 1.31. The van der Waals surface area contributed by atoms with Gasteiger partial charge in [-0.25, -0.2) is 14.2 Å². The molecule has 33 heavy (non-hydrogen) atoms. The third kappa shape index (κ3) is 5.46. The Morgan fingerprint density at radius 1 is 1.09 bits per heavy atom. The summed E-state index contributed by atoms with van der Waals surface area (Å²) in [7, 11) is 0. The van der Waals surface area contributed by atoms with Gasteiger partial charge in [0.2, 0.25) is 0 Å². The monoisotopic (exact) mass is 452 g/mol. The van der Waals surface area contributed by atoms with Crippen molar-refractivity contribution in [2.75, 3.05) is 32.8 Å². The number of piperidine rings is 1. The van der Waals surface area contributed by atoms with Crippen molar-refractivity contribution in [1.29, 1.82) is 0 Å². The van der Waals surface area contributed by atoms with Crippen LogP contribution in [0.25, 0.3) is 11.0 Å². The Kier molecular flexibility index (Phi) is 7.47. The van der Waals surface area contributed by atoms with Crippen LogP contribution in [0.4, 0.5) is 4.79 Å². The molecule has 0 aliphatic carbocycles. The van der Waals surface area contributed by atoms with Crippen molar-refractivity contribution in [3.05, 3.63) is 65.1 Å². The van der Waals surface area contributed by atoms with Crippen LogP contribution in [0.15, 0.2) is 59.4 Å². The van der Waals surface area contributed by atoms with Crippen LogP contribution < -0.4 is 15.7 Å². The van der Waals surface area contributed by atoms with E-state index < -0.39 is 6.10 Å². The highest BCUT2D eigenvalue weighted by molar-refractivity contribution is 5.89. The number of aromatic nitrogens is 2. The van der Waals surface area contributed by atoms with Crippen LogP contribution in [0.2, 0.25) is 0 Å². The predicted molar refractivity (Wildman–Crippen MR) is 128 cm³/mol. The van der Waals surface area contributed by atoms with Gasteiger partial charge in [-0.05, 0) is 63.0 Å². The van der Waals surface area contributed by atoms with Gasteiger partial charge in [0.15, 0.2) is 0 Å². The first-order valence-electron chi connectivity index (χ1n) is 11.6. The van der Waals surface area contributed by atoms with Gasteiger partial charge >= 0.3 is 11.7 Å². The molecule has 1 aliphatic rings. The smallest absolute Gasteiger partial charge is 0.337 e. The zero-order chi connectivity index (χ0) is 23.2. The fraction of sp³-hybridized carbons (Fsp3) is 0.440. The summed E-state index contributed by atoms with van der Waals surface area (Å²) in [6.45, 7) is 5.49. The molecule has 0 spiro atoms. The summed E-state index contributed by atoms with van der Waals surface area (Å²) in [5, 5.41) is 13.3. The molecule has 8 nitrogen and oxygen atoms in total. The number of para-hydroxylation sites is 3. The van der Waals surface area contributed by atoms with Gasteiger partial charge in [-0.1, -0.05) is 30.3 Å². The van der Waals surface area contributed by atoms with Crippen LogP contribution >= 0.6 is 0 Å². The van der Waals surface area contributed by atoms with E-state index in [0.717, 1.165) is 37.2 Å². The van der Waals surface area contributed by atoms with Gasteiger partial charge in [0.25, 0.3) is 0 Å². The van der Waals surface area contributed by atoms with Crippen molar-refractivity contribution in [1.82, 2.24) is 19.4 Å². The van der Waals surface area contributed by atoms with E-state index in [2.05, 4.69) is 10.2 Å². The number of nitrogens with zero attached hydrogens (tertiary/aromatic N) is 3. The van der Waals surface area contributed by atoms with E-state index in [1.165, 1.54) is 4.57 Å². The number of hydrogen-bond donors (Lipinski definition) is 2. The highest BCUT2D eigenvalue weighted by Crippen LogP contribution is 2.18. The normalized spacial score (nSPS) is 16.1. The number of imidazole rings is 1. The summed E-state index contributed by atoms with van der Waals surface area (Å²) in [5.41, 5.74) is 1.09. The number of rotatable bonds is 8. The van der Waals surface area contributed by atoms with E-state index in [1.54, 1.807) is 10.6 Å². The fourth-order valence-corrected chi connectivity index (χ4v) is 4.45. The number of β-amino-alcohol motifs (C(OH)–C–C–N with tert-alkyl or cyclic N) is 1. The molecule has 3 aromatic rings. The molecular weight excluding hydrogens is 420 g/mol. The average Bonchev–Trinajstić information content (AvgIpc) is 3.13. The Hall–Kier alpha value is -3.10. The molecule has 1 aromatic heterocycles. The third-order valence-corrected chi connectivity index (χ3v) is 6.26. The lowest BCUT2D eigenvalue weighted by Gasteiger charge is -2.33. The number of likely N-dealkylation sites (tertiary alicyclic amines) is 1. The molecule has 2 aromatic carbocycles. The molecule has 4 rings (SSSR count). The maximum Gasteiger partial charge on any atom is 0.337 e. The highest BCUT2D eigenvalue weighted by atomic mass is 16.5. The van der Waals surface area contributed by atoms with E-state index in [-0.39, 0.29) is 18.3 Å². The Morgan fingerprint density at radius 3 is 2.45 bits per heavy atom. The van der Waals surface area contributed by atoms with Crippen LogP contribution in [0.1, 0.15) is 19.8 Å². The number of aliphatic hydroxyl groups is 1. The van der Waals surface area contributed by atoms with Gasteiger partial charge in [-0.3, -0.25) is 4.57 Å². The van der Waals surface area contributed by atoms with Gasteiger partial charge in [0.05, 0.1) is 11.0 Å². The molecule has 0 radical (unpaired) electrons. The van der Waals surface area contributed by atoms with Crippen LogP contribution in [-0.4, -0.2) is 64.1 Å². The van der Waals surface area contributed by atoms with Gasteiger partial charge in [-0.15, -0.1) is 0 Å². The van der Waals surface area contributed by atoms with E-state index in [4.69, 9.17) is 4.74 Å². The Balaban J connectivity index is 1.24. The standard InChI is InChI=1S/C25H32N4O4/c1-2-28-22-10-6-7-11-23(22)29(25(28)32)24(31)26-16-19-12-14-27(15-13-19)17-20(30)18-33-21-8-4-3-5-9-21/h3-11,19-20,30H,2,12-18H2,1H3,(H,26,31). The van der Waals surface area contributed by atoms with E-state index in [1.807, 2.05) is 55.5 Å². The molecule has 0 saturated carbocycles. The number of carbonyl (C=O) groups is 1. The number of nitrogens with one attached hydrogen (secondary N) is 1. The summed E-state index contributed by atoms with van der Waals surface area (Å²) in [6, 6.07) is 16.5. The van der Waals surface area contributed by atoms with Crippen molar-refractivity contribution in [3.8, 4) is 5.75 Å². The Bertz CT molecular complexity index is 1120. The summed E-state index contributed by atoms with van der Waals surface area (Å²) in [5.74, 6) is 1.10. The maximum atomic E-state index is 12.8. The number of ether oxygens (including phenoxy) is 1. The largest absolute Gasteiger partial charge is 0.491 e. The second-order valence-electron chi connectivity index (χ2n) is 8.56. The molecule has 0 bridgehead atoms. The minimum atomic E-state index is -0.552. The lowest BCUT2D eigenvalue weighted by Crippen LogP contribution is -2.44. The molecule has 1 amide bonds. The number of aliphatic hydroxyl groups excluding tert-OH is 1. The van der Waals surface area contributed by atoms with Gasteiger partial charge in [0, 0.05) is 19.6 Å². The van der Waals surface area contributed by atoms with E-state index in [9.17, 15) is 14.7 Å². The number of carbonyl (C=O) groups excluding carboxylic acids is 1. The molecule has 1 atom stereocenters. The second-order valence-corrected chi connectivity index (χ2v) is 8.56. The van der Waals surface area contributed by atoms with Crippen molar-refractivity contribution in [3.63, 3.8) is 0 Å². The first kappa shape index (κ1) is 23.1. The van der Waals surface area contributed by atoms with Crippen molar-refractivity contribution in [2.24, 2.45) is 5.92 Å². The van der Waals surface area contributed by atoms with E-state index >= 15 is 0 Å². The maximum absolute atomic E-state index is 12.8. The van der Waals surface area contributed by atoms with Crippen molar-refractivity contribution >= 4 is 17.1 Å². The zero-order valence-corrected chi connectivity index (χ0v) is 19.0. The molecule has 1 aliphatic heterocycles. The number of benzene rings is 2. The molecule has 176 valence electrons. The van der Waals surface area contributed by atoms with Crippen LogP contribution in [0.3, 0.4) is 0 Å². The number of aryl methyl sites for hydroxylation is 1. The highest BCUT2D eigenvalue weighted by Gasteiger charge is 2.23. The SMILES string of the molecule is CCn1c(=O)n(C(=O)NCC2CCN(CC(O)COc3ccccc3)CC2)c2ccccc21.